The zero-order valence-corrected chi connectivity index (χ0v) is 23.7. The Balaban J connectivity index is 1.60. The molecule has 0 saturated carbocycles. The lowest BCUT2D eigenvalue weighted by Crippen LogP contribution is -2.43. The number of carbonyl (C=O) groups is 2. The average Bonchev–Trinajstić information content (AvgIpc) is 3.03. The first-order valence-electron chi connectivity index (χ1n) is 13.8. The van der Waals surface area contributed by atoms with E-state index in [1.54, 1.807) is 30.3 Å². The van der Waals surface area contributed by atoms with Crippen LogP contribution in [0.3, 0.4) is 0 Å². The molecule has 0 aliphatic rings. The average molecular weight is 562 g/mol. The summed E-state index contributed by atoms with van der Waals surface area (Å²) >= 11 is 0. The molecule has 4 aromatic carbocycles. The number of rotatable bonds is 12. The molecule has 42 heavy (non-hydrogen) atoms. The Labute approximate surface area is 246 Å². The van der Waals surface area contributed by atoms with Gasteiger partial charge in [0.05, 0.1) is 25.7 Å². The molecule has 4 aromatic rings. The molecule has 0 aliphatic carbocycles. The fourth-order valence-electron chi connectivity index (χ4n) is 4.65. The minimum atomic E-state index is -0.732. The molecule has 0 aromatic heterocycles. The number of nitrogen functional groups attached to an aromatic ring is 1. The molecule has 2 atom stereocenters. The number of amidine groups is 1. The maximum atomic E-state index is 13.5. The largest absolute Gasteiger partial charge is 0.494 e. The highest BCUT2D eigenvalue weighted by atomic mass is 16.5. The van der Waals surface area contributed by atoms with Crippen LogP contribution >= 0.6 is 0 Å². The highest BCUT2D eigenvalue weighted by Gasteiger charge is 2.30. The summed E-state index contributed by atoms with van der Waals surface area (Å²) < 4.78 is 10.7. The van der Waals surface area contributed by atoms with E-state index in [0.717, 1.165) is 28.0 Å². The molecule has 0 heterocycles. The molecule has 7 heteroatoms. The van der Waals surface area contributed by atoms with Gasteiger partial charge in [-0.15, -0.1) is 0 Å². The van der Waals surface area contributed by atoms with E-state index in [1.165, 1.54) is 7.11 Å². The molecule has 2 unspecified atom stereocenters. The van der Waals surface area contributed by atoms with Crippen LogP contribution in [0.4, 0.5) is 0 Å². The summed E-state index contributed by atoms with van der Waals surface area (Å²) in [6, 6.07) is 31.3. The lowest BCUT2D eigenvalue weighted by Gasteiger charge is -2.24. The van der Waals surface area contributed by atoms with Crippen molar-refractivity contribution in [3.05, 3.63) is 131 Å². The van der Waals surface area contributed by atoms with Crippen LogP contribution in [-0.2, 0) is 16.0 Å². The first kappa shape index (κ1) is 29.8. The molecule has 1 amide bonds. The van der Waals surface area contributed by atoms with Gasteiger partial charge in [-0.3, -0.25) is 15.0 Å². The van der Waals surface area contributed by atoms with Gasteiger partial charge in [0, 0.05) is 11.1 Å². The molecule has 0 saturated heterocycles. The molecule has 0 spiro atoms. The second-order valence-corrected chi connectivity index (χ2v) is 9.75. The first-order chi connectivity index (χ1) is 20.4. The smallest absolute Gasteiger partial charge is 0.311 e. The van der Waals surface area contributed by atoms with Gasteiger partial charge < -0.3 is 20.5 Å². The van der Waals surface area contributed by atoms with Gasteiger partial charge in [0.1, 0.15) is 11.6 Å². The zero-order valence-electron chi connectivity index (χ0n) is 23.7. The number of nitrogens with two attached hydrogens (primary N) is 1. The molecule has 4 N–H and O–H groups in total. The van der Waals surface area contributed by atoms with Crippen molar-refractivity contribution in [2.75, 3.05) is 13.7 Å². The number of hydrogen-bond donors (Lipinski definition) is 3. The third kappa shape index (κ3) is 7.95. The summed E-state index contributed by atoms with van der Waals surface area (Å²) in [7, 11) is 1.33. The summed E-state index contributed by atoms with van der Waals surface area (Å²) in [4.78, 5) is 26.6. The Morgan fingerprint density at radius 2 is 1.55 bits per heavy atom. The summed E-state index contributed by atoms with van der Waals surface area (Å²) in [5.41, 5.74) is 10.4. The van der Waals surface area contributed by atoms with Crippen molar-refractivity contribution in [1.82, 2.24) is 5.32 Å². The topological polar surface area (TPSA) is 115 Å². The van der Waals surface area contributed by atoms with Gasteiger partial charge in [0.2, 0.25) is 0 Å². The second kappa shape index (κ2) is 14.5. The number of benzene rings is 4. The number of carbonyl (C=O) groups excluding carboxylic acids is 2. The maximum absolute atomic E-state index is 13.5. The number of amides is 1. The zero-order chi connectivity index (χ0) is 29.9. The number of ether oxygens (including phenoxy) is 2. The van der Waals surface area contributed by atoms with Gasteiger partial charge in [0.25, 0.3) is 5.91 Å². The van der Waals surface area contributed by atoms with Crippen molar-refractivity contribution >= 4 is 23.8 Å². The van der Waals surface area contributed by atoms with Gasteiger partial charge in [0.15, 0.2) is 0 Å². The second-order valence-electron chi connectivity index (χ2n) is 9.75. The molecule has 7 nitrogen and oxygen atoms in total. The molecule has 0 radical (unpaired) electrons. The minimum absolute atomic E-state index is 0.0611. The Morgan fingerprint density at radius 1 is 0.881 bits per heavy atom. The first-order valence-corrected chi connectivity index (χ1v) is 13.8. The van der Waals surface area contributed by atoms with E-state index in [9.17, 15) is 9.59 Å². The van der Waals surface area contributed by atoms with Crippen LogP contribution in [0.25, 0.3) is 17.2 Å². The van der Waals surface area contributed by atoms with Crippen LogP contribution in [0, 0.1) is 11.3 Å². The molecule has 4 rings (SSSR count). The fraction of sp³-hybridized carbons (Fsp3) is 0.171. The summed E-state index contributed by atoms with van der Waals surface area (Å²) in [6.07, 6.45) is 3.97. The Morgan fingerprint density at radius 3 is 2.17 bits per heavy atom. The lowest BCUT2D eigenvalue weighted by atomic mass is 9.90. The van der Waals surface area contributed by atoms with Crippen LogP contribution in [0.1, 0.15) is 34.0 Å². The van der Waals surface area contributed by atoms with Crippen LogP contribution in [0.2, 0.25) is 0 Å². The number of esters is 1. The summed E-state index contributed by atoms with van der Waals surface area (Å²) in [5, 5.41) is 10.8. The molecule has 0 bridgehead atoms. The standard InChI is InChI=1S/C35H35N3O4/c1-3-42-30-19-17-27(18-20-30)26-13-15-28(16-14-26)34(39)38-32(21-12-24-8-5-4-6-9-24)31(35(40)41-2)23-25-10-7-11-29(22-25)33(36)37/h4-22,31-32H,3,23H2,1-2H3,(H3,36,37)(H,38,39). The van der Waals surface area contributed by atoms with Crippen molar-refractivity contribution in [3.63, 3.8) is 0 Å². The third-order valence-corrected chi connectivity index (χ3v) is 6.87. The minimum Gasteiger partial charge on any atom is -0.494 e. The van der Waals surface area contributed by atoms with Crippen molar-refractivity contribution in [2.45, 2.75) is 19.4 Å². The van der Waals surface area contributed by atoms with Crippen LogP contribution < -0.4 is 15.8 Å². The van der Waals surface area contributed by atoms with E-state index in [4.69, 9.17) is 20.6 Å². The molecule has 0 aliphatic heterocycles. The van der Waals surface area contributed by atoms with Crippen molar-refractivity contribution in [2.24, 2.45) is 11.7 Å². The van der Waals surface area contributed by atoms with Crippen LogP contribution in [0.15, 0.2) is 109 Å². The van der Waals surface area contributed by atoms with E-state index in [1.807, 2.05) is 91.9 Å². The van der Waals surface area contributed by atoms with Crippen molar-refractivity contribution in [1.29, 1.82) is 5.41 Å². The normalized spacial score (nSPS) is 12.3. The van der Waals surface area contributed by atoms with Crippen LogP contribution in [-0.4, -0.2) is 37.5 Å². The SMILES string of the molecule is CCOc1ccc(-c2ccc(C(=O)NC(C=Cc3ccccc3)C(Cc3cccc(C(=N)N)c3)C(=O)OC)cc2)cc1. The number of nitrogens with one attached hydrogen (secondary N) is 2. The van der Waals surface area contributed by atoms with E-state index in [2.05, 4.69) is 5.32 Å². The highest BCUT2D eigenvalue weighted by molar-refractivity contribution is 5.96. The van der Waals surface area contributed by atoms with Crippen molar-refractivity contribution < 1.29 is 19.1 Å². The predicted octanol–water partition coefficient (Wildman–Crippen LogP) is 5.88. The number of hydrogen-bond acceptors (Lipinski definition) is 5. The van der Waals surface area contributed by atoms with Gasteiger partial charge in [-0.25, -0.2) is 0 Å². The lowest BCUT2D eigenvalue weighted by molar-refractivity contribution is -0.145. The Kier molecular flexibility index (Phi) is 10.3. The monoisotopic (exact) mass is 561 g/mol. The Bertz CT molecular complexity index is 1530. The van der Waals surface area contributed by atoms with E-state index >= 15 is 0 Å². The summed E-state index contributed by atoms with van der Waals surface area (Å²) in [5.74, 6) is -0.766. The maximum Gasteiger partial charge on any atom is 0.311 e. The number of methoxy groups -OCH3 is 1. The van der Waals surface area contributed by atoms with Gasteiger partial charge in [-0.05, 0) is 65.9 Å². The van der Waals surface area contributed by atoms with E-state index in [-0.39, 0.29) is 18.2 Å². The third-order valence-electron chi connectivity index (χ3n) is 6.87. The van der Waals surface area contributed by atoms with E-state index in [0.29, 0.717) is 17.7 Å². The van der Waals surface area contributed by atoms with E-state index < -0.39 is 17.9 Å². The molecular weight excluding hydrogens is 526 g/mol. The Hall–Kier alpha value is -5.17. The summed E-state index contributed by atoms with van der Waals surface area (Å²) in [6.45, 7) is 2.55. The highest BCUT2D eigenvalue weighted by Crippen LogP contribution is 2.24. The molecule has 214 valence electrons. The predicted molar refractivity (Wildman–Crippen MR) is 166 cm³/mol. The van der Waals surface area contributed by atoms with Crippen molar-refractivity contribution in [3.8, 4) is 16.9 Å². The van der Waals surface area contributed by atoms with Gasteiger partial charge >= 0.3 is 5.97 Å². The molecular formula is C35H35N3O4. The van der Waals surface area contributed by atoms with Crippen LogP contribution in [0.5, 0.6) is 5.75 Å². The quantitative estimate of drug-likeness (QED) is 0.114. The fourth-order valence-corrected chi connectivity index (χ4v) is 4.65. The molecule has 0 fully saturated rings. The van der Waals surface area contributed by atoms with Gasteiger partial charge in [-0.2, -0.15) is 0 Å². The van der Waals surface area contributed by atoms with Gasteiger partial charge in [-0.1, -0.05) is 84.9 Å².